The van der Waals surface area contributed by atoms with E-state index < -0.39 is 0 Å². The zero-order chi connectivity index (χ0) is 12.5. The van der Waals surface area contributed by atoms with Crippen LogP contribution in [0.15, 0.2) is 24.3 Å². The number of likely N-dealkylation sites (N-methyl/N-ethyl adjacent to an activating group) is 1. The first-order valence-electron chi connectivity index (χ1n) is 6.22. The molecule has 0 radical (unpaired) electrons. The van der Waals surface area contributed by atoms with Crippen LogP contribution in [0.5, 0.6) is 0 Å². The van der Waals surface area contributed by atoms with Gasteiger partial charge in [0.1, 0.15) is 0 Å². The summed E-state index contributed by atoms with van der Waals surface area (Å²) in [5.41, 5.74) is 2.71. The molecule has 0 aromatic heterocycles. The molecule has 17 heavy (non-hydrogen) atoms. The maximum Gasteiger partial charge on any atom is 0.0589 e. The molecule has 1 N–H and O–H groups in total. The van der Waals surface area contributed by atoms with Gasteiger partial charge in [-0.1, -0.05) is 31.2 Å². The minimum Gasteiger partial charge on any atom is -0.383 e. The lowest BCUT2D eigenvalue weighted by atomic mass is 10.1. The minimum atomic E-state index is 0.785. The molecule has 0 saturated heterocycles. The monoisotopic (exact) mass is 236 g/mol. The third-order valence-corrected chi connectivity index (χ3v) is 2.70. The second-order valence-electron chi connectivity index (χ2n) is 4.33. The summed E-state index contributed by atoms with van der Waals surface area (Å²) in [4.78, 5) is 2.27. The zero-order valence-corrected chi connectivity index (χ0v) is 11.2. The Hall–Kier alpha value is -0.900. The van der Waals surface area contributed by atoms with Crippen molar-refractivity contribution in [3.05, 3.63) is 35.4 Å². The molecule has 0 fully saturated rings. The molecule has 0 saturated carbocycles. The van der Waals surface area contributed by atoms with Gasteiger partial charge in [-0.05, 0) is 24.7 Å². The molecule has 0 bridgehead atoms. The molecule has 0 aliphatic heterocycles. The first kappa shape index (κ1) is 14.2. The Morgan fingerprint density at radius 1 is 1.29 bits per heavy atom. The van der Waals surface area contributed by atoms with Gasteiger partial charge in [-0.25, -0.2) is 0 Å². The topological polar surface area (TPSA) is 24.5 Å². The molecule has 1 aromatic carbocycles. The second-order valence-corrected chi connectivity index (χ2v) is 4.33. The smallest absolute Gasteiger partial charge is 0.0589 e. The molecule has 96 valence electrons. The third kappa shape index (κ3) is 5.82. The maximum atomic E-state index is 5.08. The van der Waals surface area contributed by atoms with Gasteiger partial charge in [0, 0.05) is 26.7 Å². The van der Waals surface area contributed by atoms with Gasteiger partial charge in [0.25, 0.3) is 0 Å². The van der Waals surface area contributed by atoms with Crippen molar-refractivity contribution in [3.8, 4) is 0 Å². The van der Waals surface area contributed by atoms with Crippen LogP contribution >= 0.6 is 0 Å². The van der Waals surface area contributed by atoms with Gasteiger partial charge >= 0.3 is 0 Å². The van der Waals surface area contributed by atoms with Crippen molar-refractivity contribution >= 4 is 0 Å². The molecule has 0 amide bonds. The van der Waals surface area contributed by atoms with Gasteiger partial charge < -0.3 is 10.1 Å². The summed E-state index contributed by atoms with van der Waals surface area (Å²) in [5.74, 6) is 0. The quantitative estimate of drug-likeness (QED) is 0.746. The van der Waals surface area contributed by atoms with Gasteiger partial charge in [0.15, 0.2) is 0 Å². The fourth-order valence-corrected chi connectivity index (χ4v) is 1.75. The van der Waals surface area contributed by atoms with Crippen molar-refractivity contribution in [2.45, 2.75) is 20.0 Å². The van der Waals surface area contributed by atoms with E-state index >= 15 is 0 Å². The molecule has 0 atom stereocenters. The Balaban J connectivity index is 2.47. The van der Waals surface area contributed by atoms with E-state index in [0.717, 1.165) is 32.8 Å². The van der Waals surface area contributed by atoms with Crippen molar-refractivity contribution < 1.29 is 4.74 Å². The maximum absolute atomic E-state index is 5.08. The molecule has 0 heterocycles. The SMILES string of the molecule is CCNCc1cccc(CN(C)CCOC)c1. The van der Waals surface area contributed by atoms with Crippen LogP contribution in [0, 0.1) is 0 Å². The van der Waals surface area contributed by atoms with E-state index in [0.29, 0.717) is 0 Å². The highest BCUT2D eigenvalue weighted by molar-refractivity contribution is 5.23. The van der Waals surface area contributed by atoms with E-state index in [2.05, 4.69) is 48.5 Å². The predicted octanol–water partition coefficient (Wildman–Crippen LogP) is 1.87. The van der Waals surface area contributed by atoms with E-state index in [9.17, 15) is 0 Å². The lowest BCUT2D eigenvalue weighted by Gasteiger charge is -2.16. The van der Waals surface area contributed by atoms with Crippen molar-refractivity contribution in [1.82, 2.24) is 10.2 Å². The summed E-state index contributed by atoms with van der Waals surface area (Å²) in [6, 6.07) is 8.75. The Morgan fingerprint density at radius 3 is 2.76 bits per heavy atom. The first-order valence-corrected chi connectivity index (χ1v) is 6.22. The van der Waals surface area contributed by atoms with Gasteiger partial charge in [0.05, 0.1) is 6.61 Å². The number of rotatable bonds is 8. The van der Waals surface area contributed by atoms with Crippen LogP contribution in [-0.4, -0.2) is 38.8 Å². The summed E-state index contributed by atoms with van der Waals surface area (Å²) >= 11 is 0. The van der Waals surface area contributed by atoms with E-state index in [1.54, 1.807) is 7.11 Å². The molecule has 0 aliphatic carbocycles. The lowest BCUT2D eigenvalue weighted by molar-refractivity contribution is 0.158. The summed E-state index contributed by atoms with van der Waals surface area (Å²) in [7, 11) is 3.86. The number of hydrogen-bond acceptors (Lipinski definition) is 3. The Morgan fingerprint density at radius 2 is 2.06 bits per heavy atom. The van der Waals surface area contributed by atoms with E-state index in [1.165, 1.54) is 11.1 Å². The summed E-state index contributed by atoms with van der Waals surface area (Å²) in [6.45, 7) is 6.82. The molecule has 1 rings (SSSR count). The average Bonchev–Trinajstić information content (AvgIpc) is 2.34. The Kier molecular flexibility index (Phi) is 6.86. The highest BCUT2D eigenvalue weighted by Crippen LogP contribution is 2.07. The van der Waals surface area contributed by atoms with E-state index in [-0.39, 0.29) is 0 Å². The number of benzene rings is 1. The summed E-state index contributed by atoms with van der Waals surface area (Å²) in [6.07, 6.45) is 0. The fourth-order valence-electron chi connectivity index (χ4n) is 1.75. The highest BCUT2D eigenvalue weighted by Gasteiger charge is 2.01. The Bertz CT molecular complexity index is 315. The number of nitrogens with zero attached hydrogens (tertiary/aromatic N) is 1. The van der Waals surface area contributed by atoms with Crippen LogP contribution < -0.4 is 5.32 Å². The molecule has 3 nitrogen and oxygen atoms in total. The van der Waals surface area contributed by atoms with Crippen LogP contribution in [-0.2, 0) is 17.8 Å². The molecule has 0 aliphatic rings. The molecule has 3 heteroatoms. The fraction of sp³-hybridized carbons (Fsp3) is 0.571. The largest absolute Gasteiger partial charge is 0.383 e. The van der Waals surface area contributed by atoms with Crippen LogP contribution in [0.3, 0.4) is 0 Å². The van der Waals surface area contributed by atoms with Gasteiger partial charge in [-0.2, -0.15) is 0 Å². The van der Waals surface area contributed by atoms with Gasteiger partial charge in [-0.15, -0.1) is 0 Å². The van der Waals surface area contributed by atoms with E-state index in [4.69, 9.17) is 4.74 Å². The second kappa shape index (κ2) is 8.23. The Labute approximate surface area is 105 Å². The van der Waals surface area contributed by atoms with Crippen molar-refractivity contribution in [2.24, 2.45) is 0 Å². The van der Waals surface area contributed by atoms with Gasteiger partial charge in [-0.3, -0.25) is 4.90 Å². The molecular formula is C14H24N2O. The zero-order valence-electron chi connectivity index (χ0n) is 11.2. The number of hydrogen-bond donors (Lipinski definition) is 1. The lowest BCUT2D eigenvalue weighted by Crippen LogP contribution is -2.22. The van der Waals surface area contributed by atoms with Crippen molar-refractivity contribution in [3.63, 3.8) is 0 Å². The summed E-state index contributed by atoms with van der Waals surface area (Å²) < 4.78 is 5.08. The van der Waals surface area contributed by atoms with Crippen LogP contribution in [0.2, 0.25) is 0 Å². The normalized spacial score (nSPS) is 11.1. The van der Waals surface area contributed by atoms with Crippen LogP contribution in [0.4, 0.5) is 0 Å². The number of nitrogens with one attached hydrogen (secondary N) is 1. The number of methoxy groups -OCH3 is 1. The molecular weight excluding hydrogens is 212 g/mol. The highest BCUT2D eigenvalue weighted by atomic mass is 16.5. The van der Waals surface area contributed by atoms with Crippen LogP contribution in [0.25, 0.3) is 0 Å². The predicted molar refractivity (Wildman–Crippen MR) is 72.0 cm³/mol. The average molecular weight is 236 g/mol. The van der Waals surface area contributed by atoms with Crippen molar-refractivity contribution in [1.29, 1.82) is 0 Å². The van der Waals surface area contributed by atoms with Crippen LogP contribution in [0.1, 0.15) is 18.1 Å². The third-order valence-electron chi connectivity index (χ3n) is 2.70. The first-order chi connectivity index (χ1) is 8.26. The van der Waals surface area contributed by atoms with Crippen molar-refractivity contribution in [2.75, 3.05) is 33.9 Å². The molecule has 1 aromatic rings. The minimum absolute atomic E-state index is 0.785. The standard InChI is InChI=1S/C14H24N2O/c1-4-15-11-13-6-5-7-14(10-13)12-16(2)8-9-17-3/h5-7,10,15H,4,8-9,11-12H2,1-3H3. The van der Waals surface area contributed by atoms with Gasteiger partial charge in [0.2, 0.25) is 0 Å². The molecule has 0 spiro atoms. The number of ether oxygens (including phenoxy) is 1. The summed E-state index contributed by atoms with van der Waals surface area (Å²) in [5, 5.41) is 3.35. The molecule has 0 unspecified atom stereocenters. The van der Waals surface area contributed by atoms with E-state index in [1.807, 2.05) is 0 Å².